The van der Waals surface area contributed by atoms with Gasteiger partial charge in [-0.25, -0.2) is 0 Å². The molecule has 0 amide bonds. The molecule has 0 unspecified atom stereocenters. The first-order valence-corrected chi connectivity index (χ1v) is 0. The summed E-state index contributed by atoms with van der Waals surface area (Å²) < 4.78 is 0. The summed E-state index contributed by atoms with van der Waals surface area (Å²) in [7, 11) is 0. The maximum Gasteiger partial charge on any atom is 0 e. The molecule has 0 aromatic carbocycles. The maximum absolute atomic E-state index is 0. The number of hydrogen-bond donors (Lipinski definition) is 0. The van der Waals surface area contributed by atoms with Gasteiger partial charge in [0.25, 0.3) is 0 Å². The van der Waals surface area contributed by atoms with Crippen LogP contribution in [0.3, 0.4) is 0 Å². The molecule has 0 saturated heterocycles. The summed E-state index contributed by atoms with van der Waals surface area (Å²) in [5, 5.41) is 0. The van der Waals surface area contributed by atoms with Crippen molar-refractivity contribution in [3.05, 3.63) is 0 Å². The molecule has 0 spiro atoms. The van der Waals surface area contributed by atoms with E-state index in [0.29, 0.717) is 0 Å². The van der Waals surface area contributed by atoms with Gasteiger partial charge in [-0.2, -0.15) is 0 Å². The van der Waals surface area contributed by atoms with Crippen LogP contribution in [0.15, 0.2) is 0 Å². The molecule has 0 rings (SSSR count). The van der Waals surface area contributed by atoms with Crippen LogP contribution in [-0.2, 0) is 51.5 Å². The molecule has 0 bridgehead atoms. The molecule has 4 heavy (non-hydrogen) atoms. The SMILES string of the molecule is [Cr].[Fe].[Fe].[Si]. The Hall–Kier alpha value is 1.79. The van der Waals surface area contributed by atoms with Crippen molar-refractivity contribution < 1.29 is 51.5 Å². The largest absolute Gasteiger partial charge is 0 e. The average molecular weight is 192 g/mol. The van der Waals surface area contributed by atoms with Gasteiger partial charge in [-0.15, -0.1) is 0 Å². The minimum atomic E-state index is 0. The van der Waals surface area contributed by atoms with Gasteiger partial charge in [0.15, 0.2) is 0 Å². The summed E-state index contributed by atoms with van der Waals surface area (Å²) in [6.45, 7) is 0. The summed E-state index contributed by atoms with van der Waals surface area (Å²) in [6, 6.07) is 0. The molecular formula is CrFe2Si. The summed E-state index contributed by atoms with van der Waals surface area (Å²) in [5.41, 5.74) is 0. The third kappa shape index (κ3) is 9.21. The van der Waals surface area contributed by atoms with Crippen LogP contribution in [0.4, 0.5) is 0 Å². The van der Waals surface area contributed by atoms with Gasteiger partial charge in [0.05, 0.1) is 0 Å². The Balaban J connectivity index is 0. The molecule has 0 atom stereocenters. The van der Waals surface area contributed by atoms with Crippen LogP contribution in [0, 0.1) is 0 Å². The molecule has 0 aliphatic heterocycles. The second-order valence-electron chi connectivity index (χ2n) is 0. The first kappa shape index (κ1) is 41.5. The van der Waals surface area contributed by atoms with E-state index in [0.717, 1.165) is 0 Å². The van der Waals surface area contributed by atoms with E-state index < -0.39 is 0 Å². The Kier molecular flexibility index (Phi) is 223. The van der Waals surface area contributed by atoms with E-state index in [1.54, 1.807) is 0 Å². The summed E-state index contributed by atoms with van der Waals surface area (Å²) in [4.78, 5) is 0. The molecule has 0 nitrogen and oxygen atoms in total. The van der Waals surface area contributed by atoms with Gasteiger partial charge in [0, 0.05) is 62.5 Å². The molecule has 0 aliphatic carbocycles. The molecule has 0 saturated carbocycles. The first-order chi connectivity index (χ1) is 0. The molecule has 26 valence electrons. The second-order valence-corrected chi connectivity index (χ2v) is 0. The van der Waals surface area contributed by atoms with Gasteiger partial charge in [-0.1, -0.05) is 0 Å². The third-order valence-corrected chi connectivity index (χ3v) is 0. The van der Waals surface area contributed by atoms with Gasteiger partial charge < -0.3 is 0 Å². The first-order valence-electron chi connectivity index (χ1n) is 0. The zero-order chi connectivity index (χ0) is 0. The fourth-order valence-corrected chi connectivity index (χ4v) is 0. The van der Waals surface area contributed by atoms with Crippen molar-refractivity contribution in [1.82, 2.24) is 0 Å². The van der Waals surface area contributed by atoms with E-state index in [1.807, 2.05) is 0 Å². The molecule has 4 radical (unpaired) electrons. The minimum Gasteiger partial charge on any atom is 0 e. The molecule has 0 fully saturated rings. The van der Waals surface area contributed by atoms with Crippen molar-refractivity contribution in [2.75, 3.05) is 0 Å². The second kappa shape index (κ2) is 21.5. The Morgan fingerprint density at radius 2 is 0.750 bits per heavy atom. The monoisotopic (exact) mass is 192 g/mol. The van der Waals surface area contributed by atoms with Crippen LogP contribution in [0.2, 0.25) is 0 Å². The predicted octanol–water partition coefficient (Wildman–Crippen LogP) is -0.388. The zero-order valence-electron chi connectivity index (χ0n) is 1.62. The fourth-order valence-electron chi connectivity index (χ4n) is 0. The molecule has 0 heterocycles. The smallest absolute Gasteiger partial charge is 0 e. The van der Waals surface area contributed by atoms with Crippen LogP contribution < -0.4 is 0 Å². The summed E-state index contributed by atoms with van der Waals surface area (Å²) in [5.74, 6) is 0. The average Bonchev–Trinajstić information content (AvgIpc) is 0. The van der Waals surface area contributed by atoms with Crippen molar-refractivity contribution in [3.8, 4) is 0 Å². The van der Waals surface area contributed by atoms with Crippen LogP contribution in [0.25, 0.3) is 0 Å². The van der Waals surface area contributed by atoms with Crippen molar-refractivity contribution in [2.24, 2.45) is 0 Å². The van der Waals surface area contributed by atoms with E-state index in [4.69, 9.17) is 0 Å². The summed E-state index contributed by atoms with van der Waals surface area (Å²) >= 11 is 0. The topological polar surface area (TPSA) is 0 Å². The van der Waals surface area contributed by atoms with E-state index in [2.05, 4.69) is 0 Å². The van der Waals surface area contributed by atoms with Gasteiger partial charge >= 0.3 is 0 Å². The van der Waals surface area contributed by atoms with Gasteiger partial charge in [0.2, 0.25) is 0 Å². The molecular weight excluding hydrogens is 192 g/mol. The Labute approximate surface area is 62.2 Å². The zero-order valence-corrected chi connectivity index (χ0v) is 6.10. The van der Waals surface area contributed by atoms with Crippen molar-refractivity contribution >= 4 is 11.0 Å². The Morgan fingerprint density at radius 3 is 0.750 bits per heavy atom. The number of rotatable bonds is 0. The van der Waals surface area contributed by atoms with E-state index in [9.17, 15) is 0 Å². The molecule has 4 heteroatoms. The molecule has 0 aromatic heterocycles. The Bertz CT molecular complexity index is 6.00. The van der Waals surface area contributed by atoms with E-state index >= 15 is 0 Å². The maximum atomic E-state index is 0. The van der Waals surface area contributed by atoms with Crippen molar-refractivity contribution in [1.29, 1.82) is 0 Å². The third-order valence-electron chi connectivity index (χ3n) is 0. The van der Waals surface area contributed by atoms with E-state index in [-0.39, 0.29) is 62.5 Å². The van der Waals surface area contributed by atoms with Crippen LogP contribution in [-0.4, -0.2) is 11.0 Å². The fraction of sp³-hybridized carbons (Fsp3) is 0. The Morgan fingerprint density at radius 1 is 0.750 bits per heavy atom. The normalized spacial score (nSPS) is 0. The number of hydrogen-bond acceptors (Lipinski definition) is 0. The quantitative estimate of drug-likeness (QED) is 0.458. The van der Waals surface area contributed by atoms with E-state index in [1.165, 1.54) is 0 Å². The predicted molar refractivity (Wildman–Crippen MR) is 5.75 cm³/mol. The van der Waals surface area contributed by atoms with Crippen molar-refractivity contribution in [2.45, 2.75) is 0 Å². The van der Waals surface area contributed by atoms with Crippen molar-refractivity contribution in [3.63, 3.8) is 0 Å². The van der Waals surface area contributed by atoms with Gasteiger partial charge in [-0.05, 0) is 0 Å². The minimum absolute atomic E-state index is 0. The molecule has 0 aromatic rings. The van der Waals surface area contributed by atoms with Gasteiger partial charge in [-0.3, -0.25) is 0 Å². The van der Waals surface area contributed by atoms with Crippen LogP contribution in [0.5, 0.6) is 0 Å². The molecule has 0 N–H and O–H groups in total. The van der Waals surface area contributed by atoms with Gasteiger partial charge in [0.1, 0.15) is 0 Å². The summed E-state index contributed by atoms with van der Waals surface area (Å²) in [6.07, 6.45) is 0. The molecule has 0 aliphatic rings. The standard InChI is InChI=1S/Cr.2Fe.Si. The van der Waals surface area contributed by atoms with Crippen LogP contribution in [0.1, 0.15) is 0 Å². The van der Waals surface area contributed by atoms with Crippen LogP contribution >= 0.6 is 0 Å².